The average Bonchev–Trinajstić information content (AvgIpc) is 3.05. The summed E-state index contributed by atoms with van der Waals surface area (Å²) in [6.45, 7) is 0. The number of benzene rings is 1. The number of rotatable bonds is 3. The van der Waals surface area contributed by atoms with Crippen LogP contribution in [-0.4, -0.2) is 31.9 Å². The van der Waals surface area contributed by atoms with Crippen LogP contribution in [0.2, 0.25) is 0 Å². The molecule has 3 rings (SSSR count). The summed E-state index contributed by atoms with van der Waals surface area (Å²) in [5.74, 6) is -1.20. The molecule has 5 nitrogen and oxygen atoms in total. The molecule has 5 heteroatoms. The molecule has 0 radical (unpaired) electrons. The first-order valence-corrected chi connectivity index (χ1v) is 7.45. The molecule has 0 aliphatic heterocycles. The van der Waals surface area contributed by atoms with Crippen LogP contribution >= 0.6 is 0 Å². The van der Waals surface area contributed by atoms with Gasteiger partial charge in [0, 0.05) is 11.8 Å². The van der Waals surface area contributed by atoms with Crippen LogP contribution in [0.1, 0.15) is 24.8 Å². The van der Waals surface area contributed by atoms with Gasteiger partial charge in [0.2, 0.25) is 0 Å². The monoisotopic (exact) mass is 314 g/mol. The Morgan fingerprint density at radius 3 is 2.17 bits per heavy atom. The molecule has 0 heterocycles. The molecule has 1 unspecified atom stereocenters. The highest BCUT2D eigenvalue weighted by Gasteiger charge is 2.63. The van der Waals surface area contributed by atoms with Gasteiger partial charge in [0.1, 0.15) is 0 Å². The van der Waals surface area contributed by atoms with E-state index in [4.69, 9.17) is 9.47 Å². The zero-order chi connectivity index (χ0) is 16.7. The molecule has 1 saturated carbocycles. The Morgan fingerprint density at radius 2 is 1.61 bits per heavy atom. The van der Waals surface area contributed by atoms with Gasteiger partial charge in [-0.2, -0.15) is 0 Å². The molecule has 0 aromatic heterocycles. The summed E-state index contributed by atoms with van der Waals surface area (Å²) in [7, 11) is 2.52. The van der Waals surface area contributed by atoms with Crippen LogP contribution < -0.4 is 0 Å². The number of hydrogen-bond acceptors (Lipinski definition) is 5. The minimum atomic E-state index is -1.38. The van der Waals surface area contributed by atoms with Crippen molar-refractivity contribution in [2.75, 3.05) is 14.2 Å². The summed E-state index contributed by atoms with van der Waals surface area (Å²) in [6, 6.07) is 9.53. The average molecular weight is 314 g/mol. The Hall–Kier alpha value is -2.43. The highest BCUT2D eigenvalue weighted by molar-refractivity contribution is 6.04. The summed E-state index contributed by atoms with van der Waals surface area (Å²) in [4.78, 5) is 36.8. The number of esters is 2. The molecule has 0 amide bonds. The van der Waals surface area contributed by atoms with Crippen LogP contribution in [0.3, 0.4) is 0 Å². The van der Waals surface area contributed by atoms with E-state index in [-0.39, 0.29) is 25.0 Å². The van der Waals surface area contributed by atoms with Crippen molar-refractivity contribution in [3.63, 3.8) is 0 Å². The number of ether oxygens (including phenoxy) is 2. The molecular weight excluding hydrogens is 296 g/mol. The van der Waals surface area contributed by atoms with Crippen molar-refractivity contribution in [3.05, 3.63) is 47.5 Å². The molecule has 2 aliphatic carbocycles. The third-order valence-electron chi connectivity index (χ3n) is 5.00. The molecule has 0 spiro atoms. The highest BCUT2D eigenvalue weighted by Crippen LogP contribution is 2.59. The minimum absolute atomic E-state index is 0.0205. The number of allylic oxidation sites excluding steroid dienone is 2. The van der Waals surface area contributed by atoms with Crippen LogP contribution in [-0.2, 0) is 29.3 Å². The van der Waals surface area contributed by atoms with Crippen LogP contribution in [0.4, 0.5) is 0 Å². The van der Waals surface area contributed by atoms with E-state index in [0.29, 0.717) is 0 Å². The Labute approximate surface area is 134 Å². The van der Waals surface area contributed by atoms with E-state index in [1.54, 1.807) is 6.08 Å². The predicted octanol–water partition coefficient (Wildman–Crippen LogP) is 1.95. The minimum Gasteiger partial charge on any atom is -0.468 e. The first-order chi connectivity index (χ1) is 11.0. The molecule has 1 fully saturated rings. The Morgan fingerprint density at radius 1 is 1.00 bits per heavy atom. The molecule has 0 bridgehead atoms. The quantitative estimate of drug-likeness (QED) is 0.630. The normalized spacial score (nSPS) is 24.8. The number of fused-ring (bicyclic) bond motifs is 1. The second kappa shape index (κ2) is 5.33. The van der Waals surface area contributed by atoms with Gasteiger partial charge < -0.3 is 9.47 Å². The SMILES string of the molecule is COC(=O)C1(C(=O)OC)CC2=CC(=O)CC2(c2ccccc2)C1. The van der Waals surface area contributed by atoms with Crippen LogP contribution in [0.5, 0.6) is 0 Å². The third-order valence-corrected chi connectivity index (χ3v) is 5.00. The van der Waals surface area contributed by atoms with Gasteiger partial charge in [-0.25, -0.2) is 0 Å². The van der Waals surface area contributed by atoms with E-state index in [1.807, 2.05) is 30.3 Å². The van der Waals surface area contributed by atoms with Crippen molar-refractivity contribution < 1.29 is 23.9 Å². The Balaban J connectivity index is 2.14. The first-order valence-electron chi connectivity index (χ1n) is 7.45. The second-order valence-corrected chi connectivity index (χ2v) is 6.18. The molecule has 23 heavy (non-hydrogen) atoms. The smallest absolute Gasteiger partial charge is 0.323 e. The lowest BCUT2D eigenvalue weighted by atomic mass is 9.73. The maximum absolute atomic E-state index is 12.4. The van der Waals surface area contributed by atoms with Gasteiger partial charge in [0.15, 0.2) is 11.2 Å². The summed E-state index contributed by atoms with van der Waals surface area (Å²) < 4.78 is 9.76. The molecule has 1 aromatic carbocycles. The summed E-state index contributed by atoms with van der Waals surface area (Å²) >= 11 is 0. The lowest BCUT2D eigenvalue weighted by molar-refractivity contribution is -0.169. The number of ketones is 1. The summed E-state index contributed by atoms with van der Waals surface area (Å²) in [5.41, 5.74) is -0.261. The fourth-order valence-electron chi connectivity index (χ4n) is 4.00. The largest absolute Gasteiger partial charge is 0.468 e. The molecule has 120 valence electrons. The third kappa shape index (κ3) is 2.11. The van der Waals surface area contributed by atoms with Gasteiger partial charge >= 0.3 is 11.9 Å². The highest BCUT2D eigenvalue weighted by atomic mass is 16.5. The maximum Gasteiger partial charge on any atom is 0.323 e. The second-order valence-electron chi connectivity index (χ2n) is 6.18. The van der Waals surface area contributed by atoms with Crippen LogP contribution in [0.15, 0.2) is 42.0 Å². The molecule has 0 N–H and O–H groups in total. The lowest BCUT2D eigenvalue weighted by Gasteiger charge is -2.29. The summed E-state index contributed by atoms with van der Waals surface area (Å²) in [5, 5.41) is 0. The van der Waals surface area contributed by atoms with E-state index in [9.17, 15) is 14.4 Å². The molecule has 1 atom stereocenters. The van der Waals surface area contributed by atoms with Gasteiger partial charge in [0.05, 0.1) is 14.2 Å². The lowest BCUT2D eigenvalue weighted by Crippen LogP contribution is -2.41. The van der Waals surface area contributed by atoms with E-state index in [1.165, 1.54) is 14.2 Å². The number of carbonyl (C=O) groups excluding carboxylic acids is 3. The standard InChI is InChI=1S/C18H18O5/c1-22-15(20)18(16(21)23-2)9-13-8-14(19)10-17(13,11-18)12-6-4-3-5-7-12/h3-8H,9-11H2,1-2H3. The van der Waals surface area contributed by atoms with Crippen molar-refractivity contribution >= 4 is 17.7 Å². The van der Waals surface area contributed by atoms with Crippen molar-refractivity contribution in [2.45, 2.75) is 24.7 Å². The van der Waals surface area contributed by atoms with E-state index >= 15 is 0 Å². The molecular formula is C18H18O5. The summed E-state index contributed by atoms with van der Waals surface area (Å²) in [6.07, 6.45) is 2.19. The number of carbonyl (C=O) groups is 3. The Kier molecular flexibility index (Phi) is 3.59. The van der Waals surface area contributed by atoms with Gasteiger partial charge in [-0.3, -0.25) is 14.4 Å². The zero-order valence-corrected chi connectivity index (χ0v) is 13.1. The molecule has 0 saturated heterocycles. The van der Waals surface area contributed by atoms with Gasteiger partial charge in [-0.1, -0.05) is 35.9 Å². The molecule has 2 aliphatic rings. The van der Waals surface area contributed by atoms with Gasteiger partial charge in [-0.15, -0.1) is 0 Å². The van der Waals surface area contributed by atoms with Gasteiger partial charge in [0.25, 0.3) is 0 Å². The van der Waals surface area contributed by atoms with Crippen molar-refractivity contribution in [3.8, 4) is 0 Å². The van der Waals surface area contributed by atoms with E-state index < -0.39 is 22.8 Å². The topological polar surface area (TPSA) is 69.7 Å². The van der Waals surface area contributed by atoms with Crippen molar-refractivity contribution in [1.29, 1.82) is 0 Å². The maximum atomic E-state index is 12.4. The van der Waals surface area contributed by atoms with Crippen molar-refractivity contribution in [2.24, 2.45) is 5.41 Å². The first kappa shape index (κ1) is 15.5. The van der Waals surface area contributed by atoms with E-state index in [2.05, 4.69) is 0 Å². The van der Waals surface area contributed by atoms with Crippen LogP contribution in [0.25, 0.3) is 0 Å². The van der Waals surface area contributed by atoms with Gasteiger partial charge in [-0.05, 0) is 24.5 Å². The fraction of sp³-hybridized carbons (Fsp3) is 0.389. The number of methoxy groups -OCH3 is 2. The molecule has 1 aromatic rings. The van der Waals surface area contributed by atoms with Crippen LogP contribution in [0, 0.1) is 5.41 Å². The van der Waals surface area contributed by atoms with Crippen molar-refractivity contribution in [1.82, 2.24) is 0 Å². The predicted molar refractivity (Wildman–Crippen MR) is 81.5 cm³/mol. The fourth-order valence-corrected chi connectivity index (χ4v) is 4.00. The number of hydrogen-bond donors (Lipinski definition) is 0. The van der Waals surface area contributed by atoms with E-state index in [0.717, 1.165) is 11.1 Å². The Bertz CT molecular complexity index is 687. The zero-order valence-electron chi connectivity index (χ0n) is 13.1.